The molecule has 0 aromatic carbocycles. The van der Waals surface area contributed by atoms with Crippen LogP contribution in [-0.2, 0) is 9.53 Å². The zero-order valence-electron chi connectivity index (χ0n) is 13.1. The third-order valence-electron chi connectivity index (χ3n) is 3.52. The van der Waals surface area contributed by atoms with Gasteiger partial charge in [-0.2, -0.15) is 0 Å². The number of carbonyl (C=O) groups excluding carboxylic acids is 1. The molecule has 0 bridgehead atoms. The second kappa shape index (κ2) is 7.85. The molecule has 0 spiro atoms. The lowest BCUT2D eigenvalue weighted by atomic mass is 9.90. The maximum absolute atomic E-state index is 11.4. The SMILES string of the molecule is CCOC(=O)CN1CCN(CCCC(C)(C)C)CC1. The van der Waals surface area contributed by atoms with Crippen molar-refractivity contribution in [1.82, 2.24) is 9.80 Å². The van der Waals surface area contributed by atoms with Gasteiger partial charge in [-0.25, -0.2) is 0 Å². The Morgan fingerprint density at radius 1 is 1.11 bits per heavy atom. The average Bonchev–Trinajstić information content (AvgIpc) is 2.30. The molecule has 1 aliphatic heterocycles. The van der Waals surface area contributed by atoms with Crippen molar-refractivity contribution >= 4 is 5.97 Å². The van der Waals surface area contributed by atoms with E-state index in [2.05, 4.69) is 30.6 Å². The third kappa shape index (κ3) is 7.53. The van der Waals surface area contributed by atoms with E-state index in [1.807, 2.05) is 6.92 Å². The van der Waals surface area contributed by atoms with Crippen molar-refractivity contribution in [2.24, 2.45) is 5.41 Å². The number of nitrogens with zero attached hydrogens (tertiary/aromatic N) is 2. The molecule has 0 N–H and O–H groups in total. The van der Waals surface area contributed by atoms with Gasteiger partial charge in [-0.15, -0.1) is 0 Å². The van der Waals surface area contributed by atoms with Crippen LogP contribution in [0.1, 0.15) is 40.5 Å². The summed E-state index contributed by atoms with van der Waals surface area (Å²) in [6.45, 7) is 15.0. The van der Waals surface area contributed by atoms with Crippen LogP contribution in [0.3, 0.4) is 0 Å². The van der Waals surface area contributed by atoms with E-state index < -0.39 is 0 Å². The quantitative estimate of drug-likeness (QED) is 0.691. The van der Waals surface area contributed by atoms with E-state index in [9.17, 15) is 4.79 Å². The normalized spacial score (nSPS) is 18.5. The molecule has 0 aromatic rings. The van der Waals surface area contributed by atoms with Gasteiger partial charge in [0.05, 0.1) is 13.2 Å². The number of hydrogen-bond acceptors (Lipinski definition) is 4. The number of carbonyl (C=O) groups is 1. The monoisotopic (exact) mass is 270 g/mol. The van der Waals surface area contributed by atoms with Crippen molar-refractivity contribution in [3.8, 4) is 0 Å². The molecule has 1 rings (SSSR count). The Morgan fingerprint density at radius 3 is 2.21 bits per heavy atom. The summed E-state index contributed by atoms with van der Waals surface area (Å²) in [6.07, 6.45) is 2.54. The Balaban J connectivity index is 2.13. The highest BCUT2D eigenvalue weighted by molar-refractivity contribution is 5.71. The zero-order chi connectivity index (χ0) is 14.3. The van der Waals surface area contributed by atoms with Gasteiger partial charge in [-0.3, -0.25) is 9.69 Å². The molecule has 19 heavy (non-hydrogen) atoms. The van der Waals surface area contributed by atoms with Crippen molar-refractivity contribution in [2.75, 3.05) is 45.9 Å². The highest BCUT2D eigenvalue weighted by Crippen LogP contribution is 2.20. The van der Waals surface area contributed by atoms with Crippen molar-refractivity contribution in [2.45, 2.75) is 40.5 Å². The standard InChI is InChI=1S/C15H30N2O2/c1-5-19-14(18)13-17-11-9-16(10-12-17)8-6-7-15(2,3)4/h5-13H2,1-4H3. The molecule has 0 amide bonds. The first-order valence-electron chi connectivity index (χ1n) is 7.51. The molecule has 4 nitrogen and oxygen atoms in total. The first-order valence-corrected chi connectivity index (χ1v) is 7.51. The zero-order valence-corrected chi connectivity index (χ0v) is 13.1. The molecule has 0 aliphatic carbocycles. The smallest absolute Gasteiger partial charge is 0.320 e. The number of ether oxygens (including phenoxy) is 1. The molecule has 1 aliphatic rings. The van der Waals surface area contributed by atoms with Crippen LogP contribution in [0.25, 0.3) is 0 Å². The van der Waals surface area contributed by atoms with Crippen molar-refractivity contribution in [1.29, 1.82) is 0 Å². The maximum Gasteiger partial charge on any atom is 0.320 e. The lowest BCUT2D eigenvalue weighted by molar-refractivity contribution is -0.144. The second-order valence-electron chi connectivity index (χ2n) is 6.59. The fourth-order valence-corrected chi connectivity index (χ4v) is 2.39. The molecule has 0 aromatic heterocycles. The van der Waals surface area contributed by atoms with Crippen LogP contribution in [0.2, 0.25) is 0 Å². The van der Waals surface area contributed by atoms with Crippen LogP contribution in [0.4, 0.5) is 0 Å². The van der Waals surface area contributed by atoms with Gasteiger partial charge in [0, 0.05) is 26.2 Å². The Morgan fingerprint density at radius 2 is 1.68 bits per heavy atom. The predicted molar refractivity (Wildman–Crippen MR) is 78.2 cm³/mol. The predicted octanol–water partition coefficient (Wildman–Crippen LogP) is 1.99. The van der Waals surface area contributed by atoms with Crippen molar-refractivity contribution < 1.29 is 9.53 Å². The largest absolute Gasteiger partial charge is 0.465 e. The molecule has 0 saturated carbocycles. The molecule has 1 saturated heterocycles. The summed E-state index contributed by atoms with van der Waals surface area (Å²) in [5.41, 5.74) is 0.436. The fourth-order valence-electron chi connectivity index (χ4n) is 2.39. The highest BCUT2D eigenvalue weighted by Gasteiger charge is 2.19. The molecule has 0 unspecified atom stereocenters. The Labute approximate surface area is 118 Å². The van der Waals surface area contributed by atoms with E-state index in [4.69, 9.17) is 4.74 Å². The summed E-state index contributed by atoms with van der Waals surface area (Å²) in [4.78, 5) is 16.1. The lowest BCUT2D eigenvalue weighted by Gasteiger charge is -2.34. The van der Waals surface area contributed by atoms with Crippen molar-refractivity contribution in [3.63, 3.8) is 0 Å². The molecule has 0 radical (unpaired) electrons. The first-order chi connectivity index (χ1) is 8.90. The van der Waals surface area contributed by atoms with Crippen LogP contribution >= 0.6 is 0 Å². The Hall–Kier alpha value is -0.610. The Kier molecular flexibility index (Phi) is 6.80. The van der Waals surface area contributed by atoms with Gasteiger partial charge in [0.2, 0.25) is 0 Å². The summed E-state index contributed by atoms with van der Waals surface area (Å²) in [7, 11) is 0. The van der Waals surface area contributed by atoms with E-state index in [0.29, 0.717) is 18.6 Å². The van der Waals surface area contributed by atoms with Gasteiger partial charge in [-0.05, 0) is 31.7 Å². The molecule has 1 heterocycles. The summed E-state index contributed by atoms with van der Waals surface area (Å²) in [6, 6.07) is 0. The first kappa shape index (κ1) is 16.4. The molecular formula is C15H30N2O2. The summed E-state index contributed by atoms with van der Waals surface area (Å²) in [5.74, 6) is -0.0938. The van der Waals surface area contributed by atoms with Crippen LogP contribution in [0.15, 0.2) is 0 Å². The van der Waals surface area contributed by atoms with E-state index in [-0.39, 0.29) is 5.97 Å². The number of rotatable bonds is 6. The molecule has 4 heteroatoms. The van der Waals surface area contributed by atoms with Gasteiger partial charge in [0.1, 0.15) is 0 Å². The third-order valence-corrected chi connectivity index (χ3v) is 3.52. The topological polar surface area (TPSA) is 32.8 Å². The number of esters is 1. The Bertz CT molecular complexity index is 266. The average molecular weight is 270 g/mol. The van der Waals surface area contributed by atoms with Crippen molar-refractivity contribution in [3.05, 3.63) is 0 Å². The maximum atomic E-state index is 11.4. The van der Waals surface area contributed by atoms with Crippen LogP contribution in [-0.4, -0.2) is 61.6 Å². The minimum atomic E-state index is -0.0938. The number of hydrogen-bond donors (Lipinski definition) is 0. The van der Waals surface area contributed by atoms with E-state index >= 15 is 0 Å². The lowest BCUT2D eigenvalue weighted by Crippen LogP contribution is -2.48. The number of piperazine rings is 1. The van der Waals surface area contributed by atoms with E-state index in [1.54, 1.807) is 0 Å². The molecular weight excluding hydrogens is 240 g/mol. The second-order valence-corrected chi connectivity index (χ2v) is 6.59. The van der Waals surface area contributed by atoms with Gasteiger partial charge < -0.3 is 9.64 Å². The van der Waals surface area contributed by atoms with Gasteiger partial charge in [-0.1, -0.05) is 20.8 Å². The summed E-state index contributed by atoms with van der Waals surface area (Å²) in [5, 5.41) is 0. The van der Waals surface area contributed by atoms with Crippen LogP contribution < -0.4 is 0 Å². The summed E-state index contributed by atoms with van der Waals surface area (Å²) >= 11 is 0. The molecule has 0 atom stereocenters. The summed E-state index contributed by atoms with van der Waals surface area (Å²) < 4.78 is 4.98. The highest BCUT2D eigenvalue weighted by atomic mass is 16.5. The minimum absolute atomic E-state index is 0.0938. The van der Waals surface area contributed by atoms with E-state index in [1.165, 1.54) is 19.4 Å². The van der Waals surface area contributed by atoms with Crippen LogP contribution in [0.5, 0.6) is 0 Å². The molecule has 112 valence electrons. The minimum Gasteiger partial charge on any atom is -0.465 e. The fraction of sp³-hybridized carbons (Fsp3) is 0.933. The molecule has 1 fully saturated rings. The van der Waals surface area contributed by atoms with Gasteiger partial charge in [0.15, 0.2) is 0 Å². The van der Waals surface area contributed by atoms with Gasteiger partial charge >= 0.3 is 5.97 Å². The van der Waals surface area contributed by atoms with Crippen LogP contribution in [0, 0.1) is 5.41 Å². The van der Waals surface area contributed by atoms with E-state index in [0.717, 1.165) is 26.2 Å². The van der Waals surface area contributed by atoms with Gasteiger partial charge in [0.25, 0.3) is 0 Å².